The molecule has 38 heavy (non-hydrogen) atoms. The van der Waals surface area contributed by atoms with Crippen LogP contribution in [0.4, 0.5) is 11.5 Å². The summed E-state index contributed by atoms with van der Waals surface area (Å²) in [7, 11) is 0. The summed E-state index contributed by atoms with van der Waals surface area (Å²) in [5, 5.41) is 3.40. The second-order valence-electron chi connectivity index (χ2n) is 9.41. The first kappa shape index (κ1) is 25.8. The van der Waals surface area contributed by atoms with Gasteiger partial charge in [0.15, 0.2) is 0 Å². The zero-order valence-corrected chi connectivity index (χ0v) is 21.9. The normalized spacial score (nSPS) is 14.6. The van der Waals surface area contributed by atoms with Crippen LogP contribution in [0.5, 0.6) is 11.5 Å². The molecule has 196 valence electrons. The number of anilines is 2. The summed E-state index contributed by atoms with van der Waals surface area (Å²) in [6.45, 7) is 6.95. The van der Waals surface area contributed by atoms with Gasteiger partial charge in [0.2, 0.25) is 0 Å². The summed E-state index contributed by atoms with van der Waals surface area (Å²) >= 11 is 0. The maximum Gasteiger partial charge on any atom is 0.130 e. The minimum absolute atomic E-state index is 0.513. The molecule has 0 atom stereocenters. The molecule has 3 aromatic carbocycles. The predicted octanol–water partition coefficient (Wildman–Crippen LogP) is 6.23. The number of rotatable bonds is 6. The van der Waals surface area contributed by atoms with Crippen LogP contribution < -0.4 is 14.8 Å². The molecule has 0 fully saturated rings. The molecule has 2 bridgehead atoms. The van der Waals surface area contributed by atoms with Gasteiger partial charge in [-0.1, -0.05) is 42.5 Å². The Morgan fingerprint density at radius 1 is 0.895 bits per heavy atom. The number of nitrogens with zero attached hydrogens (tertiary/aromatic N) is 2. The standard InChI is InChI=1S/C32H35N3O3/c1-2-37-30-12-9-25(10-13-30)23-35-16-17-36-18-19-38-31-14-11-29(34-32-8-3-4-15-33-32)22-28(31)21-26-6-5-7-27(20-26)24-35/h3-15,20,22H,2,16-19,21,23-24H2,1H3,(H,33,34). The Labute approximate surface area is 225 Å². The van der Waals surface area contributed by atoms with E-state index in [1.54, 1.807) is 6.20 Å². The van der Waals surface area contributed by atoms with Gasteiger partial charge in [0.1, 0.15) is 23.9 Å². The van der Waals surface area contributed by atoms with E-state index in [-0.39, 0.29) is 0 Å². The highest BCUT2D eigenvalue weighted by Gasteiger charge is 2.12. The zero-order valence-electron chi connectivity index (χ0n) is 21.9. The number of benzene rings is 3. The average molecular weight is 510 g/mol. The van der Waals surface area contributed by atoms with E-state index >= 15 is 0 Å². The van der Waals surface area contributed by atoms with Crippen molar-refractivity contribution in [2.24, 2.45) is 0 Å². The summed E-state index contributed by atoms with van der Waals surface area (Å²) in [4.78, 5) is 6.82. The second-order valence-corrected chi connectivity index (χ2v) is 9.41. The fourth-order valence-corrected chi connectivity index (χ4v) is 4.67. The molecule has 0 spiro atoms. The Bertz CT molecular complexity index is 1300. The molecule has 0 saturated heterocycles. The highest BCUT2D eigenvalue weighted by atomic mass is 16.5. The van der Waals surface area contributed by atoms with Gasteiger partial charge in [0.25, 0.3) is 0 Å². The van der Waals surface area contributed by atoms with Crippen LogP contribution in [0.3, 0.4) is 0 Å². The topological polar surface area (TPSA) is 55.9 Å². The molecule has 0 aliphatic carbocycles. The van der Waals surface area contributed by atoms with Crippen molar-refractivity contribution in [3.63, 3.8) is 0 Å². The van der Waals surface area contributed by atoms with Gasteiger partial charge >= 0.3 is 0 Å². The summed E-state index contributed by atoms with van der Waals surface area (Å²) in [6, 6.07) is 29.3. The molecule has 6 nitrogen and oxygen atoms in total. The van der Waals surface area contributed by atoms with Crippen LogP contribution in [0, 0.1) is 0 Å². The first-order chi connectivity index (χ1) is 18.7. The number of aromatic nitrogens is 1. The molecular formula is C32H35N3O3. The number of pyridine rings is 1. The smallest absolute Gasteiger partial charge is 0.130 e. The summed E-state index contributed by atoms with van der Waals surface area (Å²) in [5.74, 6) is 2.61. The van der Waals surface area contributed by atoms with Crippen molar-refractivity contribution in [3.05, 3.63) is 113 Å². The van der Waals surface area contributed by atoms with Crippen LogP contribution >= 0.6 is 0 Å². The number of nitrogens with one attached hydrogen (secondary N) is 1. The van der Waals surface area contributed by atoms with Crippen molar-refractivity contribution in [2.45, 2.75) is 26.4 Å². The maximum absolute atomic E-state index is 6.17. The van der Waals surface area contributed by atoms with E-state index in [0.717, 1.165) is 54.6 Å². The molecule has 0 saturated carbocycles. The fourth-order valence-electron chi connectivity index (χ4n) is 4.67. The Morgan fingerprint density at radius 2 is 1.79 bits per heavy atom. The Hall–Kier alpha value is -3.87. The molecule has 1 aromatic heterocycles. The largest absolute Gasteiger partial charge is 0.494 e. The minimum Gasteiger partial charge on any atom is -0.494 e. The lowest BCUT2D eigenvalue weighted by atomic mass is 10.0. The van der Waals surface area contributed by atoms with Crippen molar-refractivity contribution in [2.75, 3.05) is 38.3 Å². The molecule has 0 radical (unpaired) electrons. The predicted molar refractivity (Wildman–Crippen MR) is 151 cm³/mol. The van der Waals surface area contributed by atoms with E-state index in [1.807, 2.05) is 49.4 Å². The molecule has 1 aliphatic heterocycles. The lowest BCUT2D eigenvalue weighted by Crippen LogP contribution is -2.27. The third-order valence-electron chi connectivity index (χ3n) is 6.47. The van der Waals surface area contributed by atoms with Gasteiger partial charge in [-0.3, -0.25) is 4.90 Å². The van der Waals surface area contributed by atoms with Crippen molar-refractivity contribution >= 4 is 11.5 Å². The van der Waals surface area contributed by atoms with Gasteiger partial charge in [-0.2, -0.15) is 0 Å². The van der Waals surface area contributed by atoms with Crippen LogP contribution in [0.25, 0.3) is 0 Å². The first-order valence-corrected chi connectivity index (χ1v) is 13.3. The van der Waals surface area contributed by atoms with Gasteiger partial charge in [0, 0.05) is 43.5 Å². The fraction of sp³-hybridized carbons (Fsp3) is 0.281. The van der Waals surface area contributed by atoms with Gasteiger partial charge in [-0.15, -0.1) is 0 Å². The molecule has 1 N–H and O–H groups in total. The number of ether oxygens (including phenoxy) is 3. The highest BCUT2D eigenvalue weighted by Crippen LogP contribution is 2.28. The van der Waals surface area contributed by atoms with Gasteiger partial charge in [-0.05, 0) is 66.1 Å². The molecule has 6 heteroatoms. The van der Waals surface area contributed by atoms with Crippen molar-refractivity contribution in [1.82, 2.24) is 9.88 Å². The highest BCUT2D eigenvalue weighted by molar-refractivity contribution is 5.59. The van der Waals surface area contributed by atoms with Gasteiger partial charge < -0.3 is 19.5 Å². The maximum atomic E-state index is 6.17. The van der Waals surface area contributed by atoms with E-state index in [0.29, 0.717) is 26.4 Å². The Balaban J connectivity index is 1.35. The first-order valence-electron chi connectivity index (χ1n) is 13.3. The van der Waals surface area contributed by atoms with Gasteiger partial charge in [0.05, 0.1) is 19.8 Å². The lowest BCUT2D eigenvalue weighted by molar-refractivity contribution is 0.0757. The van der Waals surface area contributed by atoms with Crippen LogP contribution in [0.2, 0.25) is 0 Å². The molecule has 1 aliphatic rings. The van der Waals surface area contributed by atoms with E-state index in [1.165, 1.54) is 16.7 Å². The third-order valence-corrected chi connectivity index (χ3v) is 6.47. The molecule has 2 heterocycles. The van der Waals surface area contributed by atoms with E-state index in [4.69, 9.17) is 14.2 Å². The SMILES string of the molecule is CCOc1ccc(CN2CCOCCOc3ccc(Nc4ccccn4)cc3Cc3cccc(c3)C2)cc1. The molecule has 0 amide bonds. The van der Waals surface area contributed by atoms with Crippen molar-refractivity contribution in [1.29, 1.82) is 0 Å². The minimum atomic E-state index is 0.513. The monoisotopic (exact) mass is 509 g/mol. The van der Waals surface area contributed by atoms with Crippen molar-refractivity contribution < 1.29 is 14.2 Å². The Kier molecular flexibility index (Phi) is 8.87. The lowest BCUT2D eigenvalue weighted by Gasteiger charge is -2.23. The molecule has 0 unspecified atom stereocenters. The number of hydrogen-bond acceptors (Lipinski definition) is 6. The zero-order chi connectivity index (χ0) is 26.0. The van der Waals surface area contributed by atoms with Gasteiger partial charge in [-0.25, -0.2) is 4.98 Å². The molecular weight excluding hydrogens is 474 g/mol. The summed E-state index contributed by atoms with van der Waals surface area (Å²) in [6.07, 6.45) is 2.57. The molecule has 4 aromatic rings. The Morgan fingerprint density at radius 3 is 2.63 bits per heavy atom. The summed E-state index contributed by atoms with van der Waals surface area (Å²) in [5.41, 5.74) is 5.93. The van der Waals surface area contributed by atoms with E-state index in [9.17, 15) is 0 Å². The van der Waals surface area contributed by atoms with Crippen LogP contribution in [-0.4, -0.2) is 42.9 Å². The van der Waals surface area contributed by atoms with Crippen LogP contribution in [0.15, 0.2) is 91.1 Å². The van der Waals surface area contributed by atoms with E-state index < -0.39 is 0 Å². The van der Waals surface area contributed by atoms with Crippen LogP contribution in [0.1, 0.15) is 29.2 Å². The van der Waals surface area contributed by atoms with E-state index in [2.05, 4.69) is 57.7 Å². The molecule has 5 rings (SSSR count). The third kappa shape index (κ3) is 7.34. The number of fused-ring (bicyclic) bond motifs is 3. The second kappa shape index (κ2) is 13.1. The number of hydrogen-bond donors (Lipinski definition) is 1. The van der Waals surface area contributed by atoms with Crippen LogP contribution in [-0.2, 0) is 24.2 Å². The summed E-state index contributed by atoms with van der Waals surface area (Å²) < 4.78 is 17.7. The van der Waals surface area contributed by atoms with Crippen molar-refractivity contribution in [3.8, 4) is 11.5 Å². The quantitative estimate of drug-likeness (QED) is 0.333. The average Bonchev–Trinajstić information content (AvgIpc) is 2.93.